The van der Waals surface area contributed by atoms with Crippen molar-refractivity contribution in [1.29, 1.82) is 0 Å². The molecule has 21 heavy (non-hydrogen) atoms. The molecule has 6 nitrogen and oxygen atoms in total. The van der Waals surface area contributed by atoms with Crippen molar-refractivity contribution in [3.8, 4) is 0 Å². The number of thiophene rings is 1. The molecule has 0 saturated heterocycles. The lowest BCUT2D eigenvalue weighted by Crippen LogP contribution is -2.35. The Morgan fingerprint density at radius 3 is 2.67 bits per heavy atom. The van der Waals surface area contributed by atoms with Gasteiger partial charge in [-0.1, -0.05) is 6.07 Å². The smallest absolute Gasteiger partial charge is 0.348 e. The van der Waals surface area contributed by atoms with E-state index in [0.717, 1.165) is 11.3 Å². The molecule has 0 aliphatic carbocycles. The molecule has 7 heteroatoms. The highest BCUT2D eigenvalue weighted by atomic mass is 32.1. The van der Waals surface area contributed by atoms with Gasteiger partial charge in [0.2, 0.25) is 0 Å². The summed E-state index contributed by atoms with van der Waals surface area (Å²) in [6, 6.07) is 8.59. The molecule has 0 saturated carbocycles. The van der Waals surface area contributed by atoms with Crippen LogP contribution in [0.2, 0.25) is 0 Å². The second-order valence-corrected chi connectivity index (χ2v) is 5.12. The van der Waals surface area contributed by atoms with E-state index in [2.05, 4.69) is 15.1 Å². The molecule has 110 valence electrons. The minimum absolute atomic E-state index is 0.219. The van der Waals surface area contributed by atoms with Crippen LogP contribution < -0.4 is 5.43 Å². The normalized spacial score (nSPS) is 10.0. The third kappa shape index (κ3) is 3.57. The number of hydrogen-bond donors (Lipinski definition) is 1. The molecule has 0 bridgehead atoms. The molecule has 0 radical (unpaired) electrons. The van der Waals surface area contributed by atoms with E-state index < -0.39 is 5.97 Å². The number of ether oxygens (including phenoxy) is 1. The maximum Gasteiger partial charge on any atom is 0.348 e. The number of aromatic nitrogens is 1. The van der Waals surface area contributed by atoms with E-state index in [-0.39, 0.29) is 5.91 Å². The van der Waals surface area contributed by atoms with Crippen LogP contribution in [0.4, 0.5) is 5.82 Å². The second kappa shape index (κ2) is 6.85. The van der Waals surface area contributed by atoms with Gasteiger partial charge in [0, 0.05) is 12.7 Å². The number of methoxy groups -OCH3 is 1. The van der Waals surface area contributed by atoms with Crippen LogP contribution in [-0.4, -0.2) is 35.5 Å². The summed E-state index contributed by atoms with van der Waals surface area (Å²) in [5, 5.41) is 1.44. The Hall–Kier alpha value is -2.41. The molecular formula is C14H15N3O3S. The Kier molecular flexibility index (Phi) is 4.89. The number of anilines is 1. The summed E-state index contributed by atoms with van der Waals surface area (Å²) in [5.41, 5.74) is 2.94. The summed E-state index contributed by atoms with van der Waals surface area (Å²) in [6.45, 7) is 2.31. The Morgan fingerprint density at radius 1 is 1.29 bits per heavy atom. The van der Waals surface area contributed by atoms with Crippen molar-refractivity contribution >= 4 is 29.0 Å². The first-order valence-corrected chi connectivity index (χ1v) is 7.15. The van der Waals surface area contributed by atoms with Crippen LogP contribution in [-0.2, 0) is 4.74 Å². The predicted molar refractivity (Wildman–Crippen MR) is 80.2 cm³/mol. The lowest BCUT2D eigenvalue weighted by molar-refractivity contribution is 0.0606. The van der Waals surface area contributed by atoms with Crippen LogP contribution in [0.1, 0.15) is 26.3 Å². The number of nitrogens with one attached hydrogen (secondary N) is 1. The van der Waals surface area contributed by atoms with Gasteiger partial charge in [0.15, 0.2) is 0 Å². The average Bonchev–Trinajstić information content (AvgIpc) is 3.02. The van der Waals surface area contributed by atoms with E-state index in [0.29, 0.717) is 22.1 Å². The van der Waals surface area contributed by atoms with Gasteiger partial charge < -0.3 is 4.74 Å². The number of carbonyl (C=O) groups excluding carboxylic acids is 2. The van der Waals surface area contributed by atoms with E-state index in [1.54, 1.807) is 30.5 Å². The summed E-state index contributed by atoms with van der Waals surface area (Å²) in [4.78, 5) is 28.8. The van der Waals surface area contributed by atoms with E-state index in [9.17, 15) is 9.59 Å². The third-order valence-electron chi connectivity index (χ3n) is 2.68. The molecule has 0 aromatic carbocycles. The summed E-state index contributed by atoms with van der Waals surface area (Å²) in [5.74, 6) is -0.0828. The maximum atomic E-state index is 12.4. The third-order valence-corrected chi connectivity index (χ3v) is 3.73. The number of rotatable bonds is 5. The van der Waals surface area contributed by atoms with Gasteiger partial charge in [0.05, 0.1) is 12.0 Å². The minimum Gasteiger partial charge on any atom is -0.465 e. The fourth-order valence-corrected chi connectivity index (χ4v) is 2.51. The number of hydrazine groups is 1. The molecule has 2 aromatic rings. The van der Waals surface area contributed by atoms with Gasteiger partial charge >= 0.3 is 5.97 Å². The van der Waals surface area contributed by atoms with Crippen LogP contribution in [0.15, 0.2) is 36.5 Å². The lowest BCUT2D eigenvalue weighted by atomic mass is 10.4. The fourth-order valence-electron chi connectivity index (χ4n) is 1.64. The molecule has 0 unspecified atom stereocenters. The molecule has 0 aliphatic heterocycles. The first-order chi connectivity index (χ1) is 10.2. The van der Waals surface area contributed by atoms with Crippen molar-refractivity contribution in [3.05, 3.63) is 46.3 Å². The lowest BCUT2D eigenvalue weighted by Gasteiger charge is -2.21. The van der Waals surface area contributed by atoms with Gasteiger partial charge in [-0.15, -0.1) is 11.3 Å². The van der Waals surface area contributed by atoms with Gasteiger partial charge in [-0.3, -0.25) is 15.2 Å². The minimum atomic E-state index is -0.445. The van der Waals surface area contributed by atoms with Crippen molar-refractivity contribution in [2.75, 3.05) is 19.1 Å². The number of amides is 1. The molecule has 0 spiro atoms. The Bertz CT molecular complexity index is 627. The molecule has 0 atom stereocenters. The average molecular weight is 305 g/mol. The zero-order valence-corrected chi connectivity index (χ0v) is 12.5. The van der Waals surface area contributed by atoms with E-state index in [1.165, 1.54) is 12.1 Å². The SMILES string of the molecule is CCN(Nc1ccccn1)C(=O)c1ccc(C(=O)OC)s1. The highest BCUT2D eigenvalue weighted by Crippen LogP contribution is 2.19. The van der Waals surface area contributed by atoms with Crippen LogP contribution >= 0.6 is 11.3 Å². The molecule has 2 rings (SSSR count). The van der Waals surface area contributed by atoms with Crippen LogP contribution in [0, 0.1) is 0 Å². The number of pyridine rings is 1. The van der Waals surface area contributed by atoms with Gasteiger partial charge in [-0.25, -0.2) is 9.78 Å². The monoisotopic (exact) mass is 305 g/mol. The fraction of sp³-hybridized carbons (Fsp3) is 0.214. The largest absolute Gasteiger partial charge is 0.465 e. The standard InChI is InChI=1S/C14H15N3O3S/c1-3-17(16-12-6-4-5-9-15-12)13(18)10-7-8-11(21-10)14(19)20-2/h4-9H,3H2,1-2H3,(H,15,16). The molecule has 1 amide bonds. The van der Waals surface area contributed by atoms with Gasteiger partial charge in [-0.05, 0) is 31.2 Å². The summed E-state index contributed by atoms with van der Waals surface area (Å²) in [7, 11) is 1.31. The van der Waals surface area contributed by atoms with Crippen molar-refractivity contribution in [3.63, 3.8) is 0 Å². The number of nitrogens with zero attached hydrogens (tertiary/aromatic N) is 2. The summed E-state index contributed by atoms with van der Waals surface area (Å²) < 4.78 is 4.63. The van der Waals surface area contributed by atoms with E-state index in [1.807, 2.05) is 13.0 Å². The maximum absolute atomic E-state index is 12.4. The molecule has 0 aliphatic rings. The van der Waals surface area contributed by atoms with Crippen molar-refractivity contribution < 1.29 is 14.3 Å². The molecule has 1 N–H and O–H groups in total. The van der Waals surface area contributed by atoms with Crippen LogP contribution in [0.5, 0.6) is 0 Å². The number of carbonyl (C=O) groups is 2. The quantitative estimate of drug-likeness (QED) is 0.678. The molecular weight excluding hydrogens is 290 g/mol. The number of hydrogen-bond acceptors (Lipinski definition) is 6. The van der Waals surface area contributed by atoms with Crippen molar-refractivity contribution in [1.82, 2.24) is 9.99 Å². The molecule has 0 fully saturated rings. The first kappa shape index (κ1) is 15.0. The zero-order valence-electron chi connectivity index (χ0n) is 11.7. The number of esters is 1. The second-order valence-electron chi connectivity index (χ2n) is 4.03. The first-order valence-electron chi connectivity index (χ1n) is 6.33. The summed E-state index contributed by atoms with van der Waals surface area (Å²) in [6.07, 6.45) is 1.64. The van der Waals surface area contributed by atoms with Gasteiger partial charge in [-0.2, -0.15) is 0 Å². The summed E-state index contributed by atoms with van der Waals surface area (Å²) >= 11 is 1.10. The Morgan fingerprint density at radius 2 is 2.05 bits per heavy atom. The van der Waals surface area contributed by atoms with E-state index >= 15 is 0 Å². The zero-order chi connectivity index (χ0) is 15.2. The highest BCUT2D eigenvalue weighted by Gasteiger charge is 2.19. The topological polar surface area (TPSA) is 71.5 Å². The Labute approximate surface area is 126 Å². The van der Waals surface area contributed by atoms with Crippen molar-refractivity contribution in [2.24, 2.45) is 0 Å². The van der Waals surface area contributed by atoms with Gasteiger partial charge in [0.25, 0.3) is 5.91 Å². The molecule has 2 aromatic heterocycles. The van der Waals surface area contributed by atoms with E-state index in [4.69, 9.17) is 0 Å². The van der Waals surface area contributed by atoms with Gasteiger partial charge in [0.1, 0.15) is 10.7 Å². The van der Waals surface area contributed by atoms with Crippen LogP contribution in [0.25, 0.3) is 0 Å². The van der Waals surface area contributed by atoms with Crippen LogP contribution in [0.3, 0.4) is 0 Å². The predicted octanol–water partition coefficient (Wildman–Crippen LogP) is 2.42. The van der Waals surface area contributed by atoms with Crippen molar-refractivity contribution in [2.45, 2.75) is 6.92 Å². The molecule has 2 heterocycles. The highest BCUT2D eigenvalue weighted by molar-refractivity contribution is 7.15. The Balaban J connectivity index is 2.13.